The minimum atomic E-state index is -0.808. The lowest BCUT2D eigenvalue weighted by molar-refractivity contribution is -0.385. The number of para-hydroxylation sites is 1. The highest BCUT2D eigenvalue weighted by Gasteiger charge is 2.24. The van der Waals surface area contributed by atoms with Gasteiger partial charge in [0, 0.05) is 5.56 Å². The lowest BCUT2D eigenvalue weighted by Gasteiger charge is -2.12. The predicted molar refractivity (Wildman–Crippen MR) is 94.9 cm³/mol. The molecule has 2 aromatic rings. The van der Waals surface area contributed by atoms with Crippen LogP contribution in [0.1, 0.15) is 36.6 Å². The summed E-state index contributed by atoms with van der Waals surface area (Å²) in [5, 5.41) is 13.7. The van der Waals surface area contributed by atoms with E-state index in [9.17, 15) is 24.5 Å². The zero-order chi connectivity index (χ0) is 20.1. The third-order valence-electron chi connectivity index (χ3n) is 3.76. The second kappa shape index (κ2) is 8.09. The molecule has 0 bridgehead atoms. The van der Waals surface area contributed by atoms with Crippen LogP contribution in [0.4, 0.5) is 11.4 Å². The minimum absolute atomic E-state index is 0.0196. The van der Waals surface area contributed by atoms with Crippen molar-refractivity contribution >= 4 is 29.2 Å². The molecule has 1 amide bonds. The fraction of sp³-hybridized carbons (Fsp3) is 0.167. The van der Waals surface area contributed by atoms with E-state index in [-0.39, 0.29) is 28.1 Å². The van der Waals surface area contributed by atoms with E-state index in [0.717, 1.165) is 7.11 Å². The average Bonchev–Trinajstić information content (AvgIpc) is 2.66. The number of rotatable bonds is 5. The van der Waals surface area contributed by atoms with E-state index in [1.165, 1.54) is 50.4 Å². The molecule has 0 spiro atoms. The van der Waals surface area contributed by atoms with E-state index in [2.05, 4.69) is 14.8 Å². The van der Waals surface area contributed by atoms with Gasteiger partial charge in [-0.1, -0.05) is 12.1 Å². The van der Waals surface area contributed by atoms with Crippen molar-refractivity contribution in [1.82, 2.24) is 0 Å². The van der Waals surface area contributed by atoms with E-state index in [1.54, 1.807) is 0 Å². The molecule has 9 nitrogen and oxygen atoms in total. The molecule has 140 valence electrons. The van der Waals surface area contributed by atoms with Gasteiger partial charge in [-0.05, 0) is 31.2 Å². The van der Waals surface area contributed by atoms with Crippen molar-refractivity contribution in [1.29, 1.82) is 0 Å². The number of nitrogens with one attached hydrogen (secondary N) is 1. The van der Waals surface area contributed by atoms with Gasteiger partial charge in [0.2, 0.25) is 0 Å². The molecule has 0 aliphatic rings. The highest BCUT2D eigenvalue weighted by Crippen LogP contribution is 2.26. The van der Waals surface area contributed by atoms with E-state index in [4.69, 9.17) is 0 Å². The van der Waals surface area contributed by atoms with Crippen molar-refractivity contribution in [3.63, 3.8) is 0 Å². The number of benzene rings is 2. The molecule has 0 aromatic heterocycles. The SMILES string of the molecule is COC(=O)c1ccc(C(=O)OC)c(NC(=O)c2cccc(C)c2[N+](=O)[O-])c1. The summed E-state index contributed by atoms with van der Waals surface area (Å²) in [4.78, 5) is 46.9. The van der Waals surface area contributed by atoms with Crippen LogP contribution < -0.4 is 5.32 Å². The summed E-state index contributed by atoms with van der Waals surface area (Å²) in [6, 6.07) is 8.16. The summed E-state index contributed by atoms with van der Waals surface area (Å²) in [5.41, 5.74) is -0.194. The fourth-order valence-corrected chi connectivity index (χ4v) is 2.45. The molecule has 2 aromatic carbocycles. The number of nitro benzene ring substituents is 1. The number of carbonyl (C=O) groups is 3. The number of hydrogen-bond donors (Lipinski definition) is 1. The van der Waals surface area contributed by atoms with Crippen LogP contribution in [-0.2, 0) is 9.47 Å². The number of nitro groups is 1. The lowest BCUT2D eigenvalue weighted by atomic mass is 10.1. The Hall–Kier alpha value is -3.75. The highest BCUT2D eigenvalue weighted by molar-refractivity contribution is 6.11. The van der Waals surface area contributed by atoms with Crippen molar-refractivity contribution < 1.29 is 28.8 Å². The van der Waals surface area contributed by atoms with Gasteiger partial charge in [0.1, 0.15) is 5.56 Å². The Kier molecular flexibility index (Phi) is 5.86. The van der Waals surface area contributed by atoms with Crippen LogP contribution in [0, 0.1) is 17.0 Å². The number of nitrogens with zero attached hydrogens (tertiary/aromatic N) is 1. The van der Waals surface area contributed by atoms with Gasteiger partial charge in [-0.2, -0.15) is 0 Å². The Balaban J connectivity index is 2.51. The first-order valence-electron chi connectivity index (χ1n) is 7.66. The van der Waals surface area contributed by atoms with Gasteiger partial charge in [-0.25, -0.2) is 9.59 Å². The van der Waals surface area contributed by atoms with Crippen molar-refractivity contribution in [2.75, 3.05) is 19.5 Å². The molecule has 0 aliphatic carbocycles. The number of carbonyl (C=O) groups excluding carboxylic acids is 3. The summed E-state index contributed by atoms with van der Waals surface area (Å²) in [5.74, 6) is -2.23. The third-order valence-corrected chi connectivity index (χ3v) is 3.76. The van der Waals surface area contributed by atoms with Crippen LogP contribution in [0.5, 0.6) is 0 Å². The molecule has 0 atom stereocenters. The topological polar surface area (TPSA) is 125 Å². The Morgan fingerprint density at radius 3 is 2.26 bits per heavy atom. The second-order valence-electron chi connectivity index (χ2n) is 5.43. The molecule has 9 heteroatoms. The van der Waals surface area contributed by atoms with Gasteiger partial charge >= 0.3 is 11.9 Å². The molecule has 27 heavy (non-hydrogen) atoms. The van der Waals surface area contributed by atoms with Gasteiger partial charge in [0.15, 0.2) is 0 Å². The largest absolute Gasteiger partial charge is 0.465 e. The lowest BCUT2D eigenvalue weighted by Crippen LogP contribution is -2.18. The maximum Gasteiger partial charge on any atom is 0.339 e. The number of hydrogen-bond acceptors (Lipinski definition) is 7. The molecule has 0 saturated heterocycles. The molecule has 0 unspecified atom stereocenters. The van der Waals surface area contributed by atoms with Gasteiger partial charge in [-0.3, -0.25) is 14.9 Å². The maximum atomic E-state index is 12.6. The molecule has 0 saturated carbocycles. The van der Waals surface area contributed by atoms with E-state index in [1.807, 2.05) is 0 Å². The minimum Gasteiger partial charge on any atom is -0.465 e. The Bertz CT molecular complexity index is 937. The molecule has 1 N–H and O–H groups in total. The van der Waals surface area contributed by atoms with E-state index < -0.39 is 22.8 Å². The Morgan fingerprint density at radius 1 is 1.00 bits per heavy atom. The van der Waals surface area contributed by atoms with Crippen molar-refractivity contribution in [2.45, 2.75) is 6.92 Å². The monoisotopic (exact) mass is 372 g/mol. The number of anilines is 1. The number of amides is 1. The summed E-state index contributed by atoms with van der Waals surface area (Å²) in [7, 11) is 2.35. The standard InChI is InChI=1S/C18H16N2O7/c1-10-5-4-6-13(15(10)20(24)25)16(21)19-14-9-11(17(22)26-2)7-8-12(14)18(23)27-3/h4-9H,1-3H3,(H,19,21). The smallest absolute Gasteiger partial charge is 0.339 e. The average molecular weight is 372 g/mol. The fourth-order valence-electron chi connectivity index (χ4n) is 2.45. The van der Waals surface area contributed by atoms with Crippen LogP contribution in [-0.4, -0.2) is 37.0 Å². The summed E-state index contributed by atoms with van der Waals surface area (Å²) >= 11 is 0. The molecule has 0 fully saturated rings. The Labute approximate surface area is 154 Å². The first kappa shape index (κ1) is 19.6. The van der Waals surface area contributed by atoms with E-state index >= 15 is 0 Å². The van der Waals surface area contributed by atoms with Crippen LogP contribution >= 0.6 is 0 Å². The molecule has 0 heterocycles. The van der Waals surface area contributed by atoms with Crippen LogP contribution in [0.15, 0.2) is 36.4 Å². The number of aryl methyl sites for hydroxylation is 1. The number of ether oxygens (including phenoxy) is 2. The number of esters is 2. The summed E-state index contributed by atoms with van der Waals surface area (Å²) in [6.45, 7) is 1.51. The zero-order valence-electron chi connectivity index (χ0n) is 14.8. The zero-order valence-corrected chi connectivity index (χ0v) is 14.8. The van der Waals surface area contributed by atoms with Gasteiger partial charge in [0.25, 0.3) is 11.6 Å². The molecule has 0 aliphatic heterocycles. The molecule has 2 rings (SSSR count). The first-order chi connectivity index (χ1) is 12.8. The summed E-state index contributed by atoms with van der Waals surface area (Å²) in [6.07, 6.45) is 0. The first-order valence-corrected chi connectivity index (χ1v) is 7.66. The predicted octanol–water partition coefficient (Wildman–Crippen LogP) is 2.73. The summed E-state index contributed by atoms with van der Waals surface area (Å²) < 4.78 is 9.27. The second-order valence-corrected chi connectivity index (χ2v) is 5.43. The van der Waals surface area contributed by atoms with Gasteiger partial charge in [-0.15, -0.1) is 0 Å². The van der Waals surface area contributed by atoms with Gasteiger partial charge in [0.05, 0.1) is 36.0 Å². The number of methoxy groups -OCH3 is 2. The molecular weight excluding hydrogens is 356 g/mol. The normalized spacial score (nSPS) is 10.0. The highest BCUT2D eigenvalue weighted by atomic mass is 16.6. The van der Waals surface area contributed by atoms with Crippen molar-refractivity contribution in [2.24, 2.45) is 0 Å². The van der Waals surface area contributed by atoms with Crippen LogP contribution in [0.2, 0.25) is 0 Å². The maximum absolute atomic E-state index is 12.6. The third kappa shape index (κ3) is 4.09. The molecule has 0 radical (unpaired) electrons. The molecular formula is C18H16N2O7. The van der Waals surface area contributed by atoms with Crippen molar-refractivity contribution in [3.05, 3.63) is 68.8 Å². The van der Waals surface area contributed by atoms with Crippen molar-refractivity contribution in [3.8, 4) is 0 Å². The van der Waals surface area contributed by atoms with Gasteiger partial charge < -0.3 is 14.8 Å². The van der Waals surface area contributed by atoms with E-state index in [0.29, 0.717) is 5.56 Å². The Morgan fingerprint density at radius 2 is 1.67 bits per heavy atom. The van der Waals surface area contributed by atoms with Crippen LogP contribution in [0.25, 0.3) is 0 Å². The quantitative estimate of drug-likeness (QED) is 0.486. The van der Waals surface area contributed by atoms with Crippen LogP contribution in [0.3, 0.4) is 0 Å².